The van der Waals surface area contributed by atoms with Gasteiger partial charge < -0.3 is 18.9 Å². The lowest BCUT2D eigenvalue weighted by Gasteiger charge is -2.13. The Morgan fingerprint density at radius 3 is 2.19 bits per heavy atom. The van der Waals surface area contributed by atoms with Gasteiger partial charge in [-0.3, -0.25) is 0 Å². The van der Waals surface area contributed by atoms with Crippen LogP contribution in [0.15, 0.2) is 42.5 Å². The van der Waals surface area contributed by atoms with Gasteiger partial charge in [0.25, 0.3) is 0 Å². The van der Waals surface area contributed by atoms with Crippen molar-refractivity contribution >= 4 is 0 Å². The highest BCUT2D eigenvalue weighted by atomic mass is 16.6. The molecule has 0 amide bonds. The molecule has 0 aromatic heterocycles. The van der Waals surface area contributed by atoms with Gasteiger partial charge in [0.1, 0.15) is 36.9 Å². The van der Waals surface area contributed by atoms with Crippen LogP contribution in [0.1, 0.15) is 25.3 Å². The van der Waals surface area contributed by atoms with Crippen LogP contribution in [0.4, 0.5) is 0 Å². The molecule has 2 aliphatic rings. The van der Waals surface area contributed by atoms with Gasteiger partial charge in [-0.1, -0.05) is 31.5 Å². The van der Waals surface area contributed by atoms with E-state index < -0.39 is 0 Å². The molecule has 2 unspecified atom stereocenters. The zero-order valence-electron chi connectivity index (χ0n) is 15.3. The molecule has 2 aliphatic heterocycles. The molecule has 26 heavy (non-hydrogen) atoms. The predicted molar refractivity (Wildman–Crippen MR) is 101 cm³/mol. The van der Waals surface area contributed by atoms with E-state index in [4.69, 9.17) is 18.9 Å². The molecule has 2 heterocycles. The number of aryl methyl sites for hydroxylation is 1. The molecular weight excluding hydrogens is 328 g/mol. The van der Waals surface area contributed by atoms with Crippen molar-refractivity contribution in [3.63, 3.8) is 0 Å². The molecule has 2 saturated heterocycles. The van der Waals surface area contributed by atoms with E-state index in [0.717, 1.165) is 37.6 Å². The van der Waals surface area contributed by atoms with Gasteiger partial charge in [-0.2, -0.15) is 0 Å². The molecule has 4 heteroatoms. The normalized spacial score (nSPS) is 20.7. The van der Waals surface area contributed by atoms with Crippen LogP contribution in [-0.4, -0.2) is 38.6 Å². The summed E-state index contributed by atoms with van der Waals surface area (Å²) >= 11 is 0. The summed E-state index contributed by atoms with van der Waals surface area (Å²) in [6.07, 6.45) is 3.93. The SMILES string of the molecule is CCCCc1cc(-c2ccc(OCC3CO3)cc2)ccc1OCC1CO1. The number of epoxide rings is 2. The molecule has 4 nitrogen and oxygen atoms in total. The van der Waals surface area contributed by atoms with Crippen molar-refractivity contribution in [2.24, 2.45) is 0 Å². The Morgan fingerprint density at radius 1 is 0.885 bits per heavy atom. The molecule has 0 spiro atoms. The van der Waals surface area contributed by atoms with Crippen LogP contribution in [0.5, 0.6) is 11.5 Å². The van der Waals surface area contributed by atoms with Crippen LogP contribution in [0.2, 0.25) is 0 Å². The molecule has 0 N–H and O–H groups in total. The second-order valence-corrected chi connectivity index (χ2v) is 6.98. The molecule has 0 radical (unpaired) electrons. The lowest BCUT2D eigenvalue weighted by molar-refractivity contribution is 0.261. The minimum atomic E-state index is 0.280. The maximum absolute atomic E-state index is 5.97. The lowest BCUT2D eigenvalue weighted by atomic mass is 9.99. The van der Waals surface area contributed by atoms with Crippen molar-refractivity contribution in [1.29, 1.82) is 0 Å². The van der Waals surface area contributed by atoms with Crippen molar-refractivity contribution in [2.45, 2.75) is 38.4 Å². The van der Waals surface area contributed by atoms with E-state index in [1.807, 2.05) is 12.1 Å². The third-order valence-electron chi connectivity index (χ3n) is 4.71. The summed E-state index contributed by atoms with van der Waals surface area (Å²) in [4.78, 5) is 0. The van der Waals surface area contributed by atoms with Gasteiger partial charge in [-0.25, -0.2) is 0 Å². The molecule has 0 bridgehead atoms. The summed E-state index contributed by atoms with van der Waals surface area (Å²) in [6.45, 7) is 5.14. The minimum absolute atomic E-state index is 0.280. The molecule has 2 atom stereocenters. The quantitative estimate of drug-likeness (QED) is 0.598. The van der Waals surface area contributed by atoms with Gasteiger partial charge in [0.2, 0.25) is 0 Å². The van der Waals surface area contributed by atoms with Crippen LogP contribution in [0.3, 0.4) is 0 Å². The first kappa shape index (κ1) is 17.4. The van der Waals surface area contributed by atoms with Crippen LogP contribution < -0.4 is 9.47 Å². The van der Waals surface area contributed by atoms with E-state index in [2.05, 4.69) is 37.3 Å². The highest BCUT2D eigenvalue weighted by molar-refractivity contribution is 5.66. The summed E-state index contributed by atoms with van der Waals surface area (Å²) in [5, 5.41) is 0. The van der Waals surface area contributed by atoms with Crippen molar-refractivity contribution < 1.29 is 18.9 Å². The van der Waals surface area contributed by atoms with Gasteiger partial charge in [-0.05, 0) is 53.8 Å². The molecule has 0 aliphatic carbocycles. The topological polar surface area (TPSA) is 43.5 Å². The lowest BCUT2D eigenvalue weighted by Crippen LogP contribution is -2.06. The van der Waals surface area contributed by atoms with Gasteiger partial charge >= 0.3 is 0 Å². The van der Waals surface area contributed by atoms with E-state index in [1.54, 1.807) is 0 Å². The number of hydrogen-bond donors (Lipinski definition) is 0. The zero-order chi connectivity index (χ0) is 17.8. The van der Waals surface area contributed by atoms with E-state index in [-0.39, 0.29) is 12.2 Å². The van der Waals surface area contributed by atoms with Crippen molar-refractivity contribution in [1.82, 2.24) is 0 Å². The van der Waals surface area contributed by atoms with Crippen molar-refractivity contribution in [3.05, 3.63) is 48.0 Å². The number of hydrogen-bond acceptors (Lipinski definition) is 4. The molecular formula is C22H26O4. The highest BCUT2D eigenvalue weighted by Gasteiger charge is 2.24. The first-order valence-electron chi connectivity index (χ1n) is 9.54. The summed E-state index contributed by atoms with van der Waals surface area (Å²) in [5.74, 6) is 1.88. The van der Waals surface area contributed by atoms with Crippen LogP contribution in [0, 0.1) is 0 Å². The average Bonchev–Trinajstić information content (AvgIpc) is 3.58. The number of unbranched alkanes of at least 4 members (excludes halogenated alkanes) is 1. The largest absolute Gasteiger partial charge is 0.491 e. The minimum Gasteiger partial charge on any atom is -0.491 e. The summed E-state index contributed by atoms with van der Waals surface area (Å²) in [7, 11) is 0. The molecule has 2 aromatic rings. The van der Waals surface area contributed by atoms with E-state index in [9.17, 15) is 0 Å². The molecule has 138 valence electrons. The third-order valence-corrected chi connectivity index (χ3v) is 4.71. The standard InChI is InChI=1S/C22H26O4/c1-2-3-4-18-11-17(7-10-22(18)26-15-21-14-25-21)16-5-8-19(9-6-16)23-12-20-13-24-20/h5-11,20-21H,2-4,12-15H2,1H3. The zero-order valence-corrected chi connectivity index (χ0v) is 15.3. The van der Waals surface area contributed by atoms with Gasteiger partial charge in [0.15, 0.2) is 0 Å². The van der Waals surface area contributed by atoms with Crippen LogP contribution in [-0.2, 0) is 15.9 Å². The Labute approximate surface area is 155 Å². The van der Waals surface area contributed by atoms with Crippen molar-refractivity contribution in [2.75, 3.05) is 26.4 Å². The Hall–Kier alpha value is -2.04. The van der Waals surface area contributed by atoms with Crippen LogP contribution >= 0.6 is 0 Å². The Bertz CT molecular complexity index is 717. The fourth-order valence-corrected chi connectivity index (χ4v) is 2.91. The Kier molecular flexibility index (Phi) is 5.42. The smallest absolute Gasteiger partial charge is 0.122 e. The van der Waals surface area contributed by atoms with Gasteiger partial charge in [-0.15, -0.1) is 0 Å². The molecule has 2 aromatic carbocycles. The van der Waals surface area contributed by atoms with Gasteiger partial charge in [0.05, 0.1) is 13.2 Å². The average molecular weight is 354 g/mol. The van der Waals surface area contributed by atoms with Crippen molar-refractivity contribution in [3.8, 4) is 22.6 Å². The number of ether oxygens (including phenoxy) is 4. The summed E-state index contributed by atoms with van der Waals surface area (Å²) in [6, 6.07) is 14.8. The molecule has 2 fully saturated rings. The van der Waals surface area contributed by atoms with E-state index in [1.165, 1.54) is 23.1 Å². The Balaban J connectivity index is 1.46. The van der Waals surface area contributed by atoms with E-state index in [0.29, 0.717) is 13.2 Å². The summed E-state index contributed by atoms with van der Waals surface area (Å²) < 4.78 is 22.1. The fourth-order valence-electron chi connectivity index (χ4n) is 2.91. The summed E-state index contributed by atoms with van der Waals surface area (Å²) in [5.41, 5.74) is 3.68. The second-order valence-electron chi connectivity index (χ2n) is 6.98. The van der Waals surface area contributed by atoms with E-state index >= 15 is 0 Å². The first-order chi connectivity index (χ1) is 12.8. The number of benzene rings is 2. The highest BCUT2D eigenvalue weighted by Crippen LogP contribution is 2.30. The monoisotopic (exact) mass is 354 g/mol. The van der Waals surface area contributed by atoms with Gasteiger partial charge in [0, 0.05) is 0 Å². The van der Waals surface area contributed by atoms with Crippen LogP contribution in [0.25, 0.3) is 11.1 Å². The Morgan fingerprint density at radius 2 is 1.54 bits per heavy atom. The maximum atomic E-state index is 5.97. The first-order valence-corrected chi connectivity index (χ1v) is 9.54. The molecule has 4 rings (SSSR count). The predicted octanol–water partition coefficient (Wildman–Crippen LogP) is 4.25. The maximum Gasteiger partial charge on any atom is 0.122 e. The fraction of sp³-hybridized carbons (Fsp3) is 0.455. The second kappa shape index (κ2) is 8.11. The number of rotatable bonds is 10. The third kappa shape index (κ3) is 4.77. The molecule has 0 saturated carbocycles.